The summed E-state index contributed by atoms with van der Waals surface area (Å²) in [6, 6.07) is 0. The van der Waals surface area contributed by atoms with E-state index in [0.29, 0.717) is 5.92 Å². The van der Waals surface area contributed by atoms with E-state index in [1.54, 1.807) is 0 Å². The highest BCUT2D eigenvalue weighted by Crippen LogP contribution is 2.21. The highest BCUT2D eigenvalue weighted by molar-refractivity contribution is 5.26. The van der Waals surface area contributed by atoms with Gasteiger partial charge in [0.05, 0.1) is 0 Å². The van der Waals surface area contributed by atoms with Gasteiger partial charge in [0.25, 0.3) is 0 Å². The topological polar surface area (TPSA) is 12.0 Å². The second-order valence-corrected chi connectivity index (χ2v) is 5.59. The van der Waals surface area contributed by atoms with Gasteiger partial charge in [-0.15, -0.1) is 0 Å². The first-order chi connectivity index (χ1) is 8.15. The molecular weight excluding hydrogens is 206 g/mol. The third kappa shape index (κ3) is 5.54. The third-order valence-corrected chi connectivity index (χ3v) is 3.67. The zero-order valence-electron chi connectivity index (χ0n) is 12.1. The first-order valence-electron chi connectivity index (χ1n) is 7.22. The summed E-state index contributed by atoms with van der Waals surface area (Å²) in [6.45, 7) is 11.4. The van der Waals surface area contributed by atoms with Crippen LogP contribution in [-0.4, -0.2) is 13.1 Å². The molecule has 0 aromatic rings. The molecule has 2 unspecified atom stereocenters. The molecule has 0 bridgehead atoms. The Morgan fingerprint density at radius 1 is 1.35 bits per heavy atom. The molecule has 1 aliphatic rings. The normalized spacial score (nSPS) is 22.0. The standard InChI is InChI=1S/C16H29N/c1-5-7-15(6-2)11-17-12-16-9-13(3)8-14(4)10-16/h8-9,15-17H,5-7,10-12H2,1-4H3. The molecule has 0 aromatic heterocycles. The predicted octanol–water partition coefficient (Wildman–Crippen LogP) is 4.31. The van der Waals surface area contributed by atoms with E-state index in [1.165, 1.54) is 43.4 Å². The molecule has 1 N–H and O–H groups in total. The second-order valence-electron chi connectivity index (χ2n) is 5.59. The minimum Gasteiger partial charge on any atom is -0.316 e. The Labute approximate surface area is 107 Å². The zero-order valence-corrected chi connectivity index (χ0v) is 12.1. The Hall–Kier alpha value is -0.560. The first kappa shape index (κ1) is 14.5. The van der Waals surface area contributed by atoms with Crippen molar-refractivity contribution in [2.24, 2.45) is 11.8 Å². The molecule has 1 rings (SSSR count). The summed E-state index contributed by atoms with van der Waals surface area (Å²) in [6.07, 6.45) is 9.93. The number of allylic oxidation sites excluding steroid dienone is 3. The van der Waals surface area contributed by atoms with Crippen LogP contribution < -0.4 is 5.32 Å². The van der Waals surface area contributed by atoms with Gasteiger partial charge in [-0.25, -0.2) is 0 Å². The smallest absolute Gasteiger partial charge is 0.00176 e. The molecule has 1 nitrogen and oxygen atoms in total. The maximum Gasteiger partial charge on any atom is 0.00176 e. The average molecular weight is 235 g/mol. The lowest BCUT2D eigenvalue weighted by atomic mass is 9.91. The molecule has 1 heteroatoms. The van der Waals surface area contributed by atoms with E-state index in [2.05, 4.69) is 45.2 Å². The molecule has 0 aliphatic heterocycles. The van der Waals surface area contributed by atoms with Gasteiger partial charge in [0, 0.05) is 6.54 Å². The minimum atomic E-state index is 0.708. The molecule has 0 saturated carbocycles. The highest BCUT2D eigenvalue weighted by Gasteiger charge is 2.12. The largest absolute Gasteiger partial charge is 0.316 e. The number of hydrogen-bond acceptors (Lipinski definition) is 1. The van der Waals surface area contributed by atoms with Crippen LogP contribution in [0.1, 0.15) is 53.4 Å². The van der Waals surface area contributed by atoms with Gasteiger partial charge in [0.2, 0.25) is 0 Å². The fourth-order valence-corrected chi connectivity index (χ4v) is 2.80. The van der Waals surface area contributed by atoms with E-state index in [9.17, 15) is 0 Å². The average Bonchev–Trinajstić information content (AvgIpc) is 2.26. The second kappa shape index (κ2) is 7.71. The van der Waals surface area contributed by atoms with Crippen molar-refractivity contribution < 1.29 is 0 Å². The molecule has 0 aromatic carbocycles. The van der Waals surface area contributed by atoms with Crippen LogP contribution in [0.2, 0.25) is 0 Å². The summed E-state index contributed by atoms with van der Waals surface area (Å²) in [5.74, 6) is 1.57. The summed E-state index contributed by atoms with van der Waals surface area (Å²) in [5, 5.41) is 3.66. The van der Waals surface area contributed by atoms with Crippen molar-refractivity contribution in [2.45, 2.75) is 53.4 Å². The highest BCUT2D eigenvalue weighted by atomic mass is 14.9. The molecule has 2 atom stereocenters. The fraction of sp³-hybridized carbons (Fsp3) is 0.750. The lowest BCUT2D eigenvalue weighted by Crippen LogP contribution is -2.28. The number of rotatable bonds is 7. The van der Waals surface area contributed by atoms with Crippen molar-refractivity contribution in [3.05, 3.63) is 23.3 Å². The van der Waals surface area contributed by atoms with Crippen LogP contribution in [0, 0.1) is 11.8 Å². The summed E-state index contributed by atoms with van der Waals surface area (Å²) in [5.41, 5.74) is 2.96. The van der Waals surface area contributed by atoms with Crippen LogP contribution in [0.3, 0.4) is 0 Å². The molecule has 0 heterocycles. The van der Waals surface area contributed by atoms with Gasteiger partial charge < -0.3 is 5.32 Å². The van der Waals surface area contributed by atoms with Gasteiger partial charge in [-0.3, -0.25) is 0 Å². The molecule has 1 aliphatic carbocycles. The Kier molecular flexibility index (Phi) is 6.57. The van der Waals surface area contributed by atoms with Crippen molar-refractivity contribution in [1.82, 2.24) is 5.32 Å². The predicted molar refractivity (Wildman–Crippen MR) is 77.2 cm³/mol. The van der Waals surface area contributed by atoms with Crippen LogP contribution in [0.5, 0.6) is 0 Å². The van der Waals surface area contributed by atoms with Crippen LogP contribution in [-0.2, 0) is 0 Å². The Morgan fingerprint density at radius 2 is 2.12 bits per heavy atom. The van der Waals surface area contributed by atoms with Crippen LogP contribution in [0.25, 0.3) is 0 Å². The van der Waals surface area contributed by atoms with E-state index in [-0.39, 0.29) is 0 Å². The summed E-state index contributed by atoms with van der Waals surface area (Å²) in [7, 11) is 0. The van der Waals surface area contributed by atoms with E-state index < -0.39 is 0 Å². The third-order valence-electron chi connectivity index (χ3n) is 3.67. The van der Waals surface area contributed by atoms with Crippen molar-refractivity contribution in [3.8, 4) is 0 Å². The molecule has 0 radical (unpaired) electrons. The monoisotopic (exact) mass is 235 g/mol. The molecule has 0 saturated heterocycles. The van der Waals surface area contributed by atoms with Crippen molar-refractivity contribution in [2.75, 3.05) is 13.1 Å². The van der Waals surface area contributed by atoms with Crippen LogP contribution in [0.4, 0.5) is 0 Å². The maximum absolute atomic E-state index is 3.66. The maximum atomic E-state index is 3.66. The quantitative estimate of drug-likeness (QED) is 0.693. The molecular formula is C16H29N. The van der Waals surface area contributed by atoms with Gasteiger partial charge in [-0.1, -0.05) is 50.0 Å². The van der Waals surface area contributed by atoms with E-state index >= 15 is 0 Å². The SMILES string of the molecule is CCCC(CC)CNCC1C=C(C)C=C(C)C1. The van der Waals surface area contributed by atoms with Crippen molar-refractivity contribution >= 4 is 0 Å². The number of hydrogen-bond donors (Lipinski definition) is 1. The summed E-state index contributed by atoms with van der Waals surface area (Å²) in [4.78, 5) is 0. The fourth-order valence-electron chi connectivity index (χ4n) is 2.80. The first-order valence-corrected chi connectivity index (χ1v) is 7.22. The summed E-state index contributed by atoms with van der Waals surface area (Å²) >= 11 is 0. The molecule has 0 fully saturated rings. The van der Waals surface area contributed by atoms with Crippen molar-refractivity contribution in [3.63, 3.8) is 0 Å². The van der Waals surface area contributed by atoms with E-state index in [1.807, 2.05) is 0 Å². The van der Waals surface area contributed by atoms with E-state index in [0.717, 1.165) is 12.5 Å². The van der Waals surface area contributed by atoms with Gasteiger partial charge in [-0.05, 0) is 45.1 Å². The lowest BCUT2D eigenvalue weighted by molar-refractivity contribution is 0.413. The lowest BCUT2D eigenvalue weighted by Gasteiger charge is -2.21. The van der Waals surface area contributed by atoms with Gasteiger partial charge in [0.15, 0.2) is 0 Å². The van der Waals surface area contributed by atoms with Gasteiger partial charge >= 0.3 is 0 Å². The Morgan fingerprint density at radius 3 is 2.71 bits per heavy atom. The molecule has 0 spiro atoms. The Balaban J connectivity index is 2.25. The van der Waals surface area contributed by atoms with E-state index in [4.69, 9.17) is 0 Å². The van der Waals surface area contributed by atoms with Crippen LogP contribution >= 0.6 is 0 Å². The molecule has 17 heavy (non-hydrogen) atoms. The van der Waals surface area contributed by atoms with Gasteiger partial charge in [-0.2, -0.15) is 0 Å². The Bertz CT molecular complexity index is 275. The van der Waals surface area contributed by atoms with Gasteiger partial charge in [0.1, 0.15) is 0 Å². The van der Waals surface area contributed by atoms with Crippen molar-refractivity contribution in [1.29, 1.82) is 0 Å². The number of nitrogens with one attached hydrogen (secondary N) is 1. The molecule has 0 amide bonds. The van der Waals surface area contributed by atoms with Crippen LogP contribution in [0.15, 0.2) is 23.3 Å². The molecule has 98 valence electrons. The summed E-state index contributed by atoms with van der Waals surface area (Å²) < 4.78 is 0. The minimum absolute atomic E-state index is 0.708. The zero-order chi connectivity index (χ0) is 12.7.